The van der Waals surface area contributed by atoms with Crippen LogP contribution in [0.2, 0.25) is 0 Å². The smallest absolute Gasteiger partial charge is 0.338 e. The maximum absolute atomic E-state index is 11.2. The van der Waals surface area contributed by atoms with E-state index in [4.69, 9.17) is 9.84 Å². The normalized spacial score (nSPS) is 16.0. The first-order valence-corrected chi connectivity index (χ1v) is 5.94. The van der Waals surface area contributed by atoms with E-state index >= 15 is 0 Å². The highest BCUT2D eigenvalue weighted by molar-refractivity contribution is 5.96. The molecule has 0 atom stereocenters. The standard InChI is InChI=1S/C12H14N2O5/c15-12(16)9-2-1-3-10(14(17)18)11(9)13-8-4-6-19-7-5-8/h1-3,8,13H,4-7H2,(H,15,16). The Morgan fingerprint density at radius 2 is 2.11 bits per heavy atom. The topological polar surface area (TPSA) is 102 Å². The average molecular weight is 266 g/mol. The third-order valence-electron chi connectivity index (χ3n) is 3.04. The van der Waals surface area contributed by atoms with Gasteiger partial charge in [0.2, 0.25) is 0 Å². The number of anilines is 1. The first-order chi connectivity index (χ1) is 9.09. The number of carboxylic acid groups (broad SMARTS) is 1. The van der Waals surface area contributed by atoms with E-state index in [9.17, 15) is 14.9 Å². The van der Waals surface area contributed by atoms with Crippen molar-refractivity contribution < 1.29 is 19.6 Å². The van der Waals surface area contributed by atoms with E-state index in [2.05, 4.69) is 5.32 Å². The van der Waals surface area contributed by atoms with E-state index in [1.54, 1.807) is 0 Å². The zero-order valence-corrected chi connectivity index (χ0v) is 10.2. The molecular weight excluding hydrogens is 252 g/mol. The number of carboxylic acids is 1. The molecule has 1 aliphatic rings. The minimum absolute atomic E-state index is 0.00653. The van der Waals surface area contributed by atoms with Crippen LogP contribution in [0.5, 0.6) is 0 Å². The van der Waals surface area contributed by atoms with Gasteiger partial charge in [-0.3, -0.25) is 10.1 Å². The molecule has 1 saturated heterocycles. The maximum atomic E-state index is 11.2. The van der Waals surface area contributed by atoms with Gasteiger partial charge in [0, 0.05) is 25.3 Å². The fourth-order valence-corrected chi connectivity index (χ4v) is 2.07. The molecule has 1 aromatic carbocycles. The number of hydrogen-bond acceptors (Lipinski definition) is 5. The van der Waals surface area contributed by atoms with Gasteiger partial charge in [0.1, 0.15) is 5.69 Å². The van der Waals surface area contributed by atoms with E-state index in [0.717, 1.165) is 0 Å². The maximum Gasteiger partial charge on any atom is 0.338 e. The summed E-state index contributed by atoms with van der Waals surface area (Å²) in [5, 5.41) is 23.1. The van der Waals surface area contributed by atoms with Gasteiger partial charge in [0.15, 0.2) is 0 Å². The summed E-state index contributed by atoms with van der Waals surface area (Å²) in [5.41, 5.74) is -0.223. The Morgan fingerprint density at radius 1 is 1.42 bits per heavy atom. The average Bonchev–Trinajstić information content (AvgIpc) is 2.39. The zero-order valence-electron chi connectivity index (χ0n) is 10.2. The Labute approximate surface area is 109 Å². The Balaban J connectivity index is 2.34. The lowest BCUT2D eigenvalue weighted by atomic mass is 10.1. The molecule has 0 bridgehead atoms. The highest BCUT2D eigenvalue weighted by atomic mass is 16.6. The van der Waals surface area contributed by atoms with Gasteiger partial charge in [-0.1, -0.05) is 6.07 Å². The van der Waals surface area contributed by atoms with Crippen LogP contribution >= 0.6 is 0 Å². The summed E-state index contributed by atoms with van der Waals surface area (Å²) in [6.45, 7) is 1.14. The molecule has 1 aromatic rings. The van der Waals surface area contributed by atoms with Crippen LogP contribution < -0.4 is 5.32 Å². The van der Waals surface area contributed by atoms with Crippen LogP contribution in [0.25, 0.3) is 0 Å². The van der Waals surface area contributed by atoms with Crippen LogP contribution in [0.4, 0.5) is 11.4 Å². The third kappa shape index (κ3) is 3.00. The number of nitro benzene ring substituents is 1. The van der Waals surface area contributed by atoms with E-state index in [0.29, 0.717) is 26.1 Å². The monoisotopic (exact) mass is 266 g/mol. The second-order valence-corrected chi connectivity index (χ2v) is 4.29. The Hall–Kier alpha value is -2.15. The fourth-order valence-electron chi connectivity index (χ4n) is 2.07. The van der Waals surface area contributed by atoms with Crippen LogP contribution in [0.3, 0.4) is 0 Å². The van der Waals surface area contributed by atoms with Crippen molar-refractivity contribution in [2.45, 2.75) is 18.9 Å². The number of para-hydroxylation sites is 1. The third-order valence-corrected chi connectivity index (χ3v) is 3.04. The molecule has 2 rings (SSSR count). The molecule has 0 amide bonds. The largest absolute Gasteiger partial charge is 0.478 e. The Morgan fingerprint density at radius 3 is 2.68 bits per heavy atom. The summed E-state index contributed by atoms with van der Waals surface area (Å²) >= 11 is 0. The lowest BCUT2D eigenvalue weighted by Gasteiger charge is -2.24. The molecule has 0 aromatic heterocycles. The van der Waals surface area contributed by atoms with Crippen LogP contribution in [-0.4, -0.2) is 35.3 Å². The number of ether oxygens (including phenoxy) is 1. The van der Waals surface area contributed by atoms with Crippen molar-refractivity contribution in [2.24, 2.45) is 0 Å². The number of benzene rings is 1. The number of hydrogen-bond donors (Lipinski definition) is 2. The van der Waals surface area contributed by atoms with Crippen LogP contribution in [0, 0.1) is 10.1 Å². The summed E-state index contributed by atoms with van der Waals surface area (Å²) in [6.07, 6.45) is 1.40. The van der Waals surface area contributed by atoms with Gasteiger partial charge >= 0.3 is 5.97 Å². The van der Waals surface area contributed by atoms with Crippen molar-refractivity contribution in [3.8, 4) is 0 Å². The highest BCUT2D eigenvalue weighted by Gasteiger charge is 2.24. The van der Waals surface area contributed by atoms with Gasteiger partial charge < -0.3 is 15.2 Å². The number of rotatable bonds is 4. The van der Waals surface area contributed by atoms with E-state index in [-0.39, 0.29) is 23.0 Å². The van der Waals surface area contributed by atoms with Gasteiger partial charge in [-0.15, -0.1) is 0 Å². The molecule has 0 saturated carbocycles. The second-order valence-electron chi connectivity index (χ2n) is 4.29. The predicted octanol–water partition coefficient (Wildman–Crippen LogP) is 1.88. The zero-order chi connectivity index (χ0) is 13.8. The molecule has 2 N–H and O–H groups in total. The summed E-state index contributed by atoms with van der Waals surface area (Å²) in [7, 11) is 0. The summed E-state index contributed by atoms with van der Waals surface area (Å²) in [4.78, 5) is 21.6. The van der Waals surface area contributed by atoms with Crippen molar-refractivity contribution in [3.05, 3.63) is 33.9 Å². The van der Waals surface area contributed by atoms with Crippen LogP contribution in [-0.2, 0) is 4.74 Å². The van der Waals surface area contributed by atoms with Crippen molar-refractivity contribution in [3.63, 3.8) is 0 Å². The second kappa shape index (κ2) is 5.66. The van der Waals surface area contributed by atoms with Gasteiger partial charge in [-0.2, -0.15) is 0 Å². The quantitative estimate of drug-likeness (QED) is 0.637. The minimum atomic E-state index is -1.18. The first kappa shape index (κ1) is 13.3. The molecule has 0 unspecified atom stereocenters. The van der Waals surface area contributed by atoms with Crippen molar-refractivity contribution in [1.82, 2.24) is 0 Å². The Kier molecular flexibility index (Phi) is 3.96. The molecule has 19 heavy (non-hydrogen) atoms. The summed E-state index contributed by atoms with van der Waals surface area (Å²) in [5.74, 6) is -1.18. The van der Waals surface area contributed by atoms with Gasteiger partial charge in [0.05, 0.1) is 10.5 Å². The number of aromatic carboxylic acids is 1. The van der Waals surface area contributed by atoms with E-state index in [1.165, 1.54) is 18.2 Å². The minimum Gasteiger partial charge on any atom is -0.478 e. The molecule has 0 aliphatic carbocycles. The molecule has 0 radical (unpaired) electrons. The molecular formula is C12H14N2O5. The molecule has 1 fully saturated rings. The highest BCUT2D eigenvalue weighted by Crippen LogP contribution is 2.30. The first-order valence-electron chi connectivity index (χ1n) is 5.94. The van der Waals surface area contributed by atoms with Crippen molar-refractivity contribution >= 4 is 17.3 Å². The number of nitrogens with zero attached hydrogens (tertiary/aromatic N) is 1. The van der Waals surface area contributed by atoms with E-state index in [1.807, 2.05) is 0 Å². The summed E-state index contributed by atoms with van der Waals surface area (Å²) < 4.78 is 5.20. The van der Waals surface area contributed by atoms with Gasteiger partial charge in [-0.25, -0.2) is 4.79 Å². The van der Waals surface area contributed by atoms with Crippen molar-refractivity contribution in [2.75, 3.05) is 18.5 Å². The van der Waals surface area contributed by atoms with Gasteiger partial charge in [-0.05, 0) is 18.9 Å². The number of nitrogens with one attached hydrogen (secondary N) is 1. The lowest BCUT2D eigenvalue weighted by Crippen LogP contribution is -2.29. The summed E-state index contributed by atoms with van der Waals surface area (Å²) in [6, 6.07) is 4.02. The molecule has 1 heterocycles. The molecule has 7 nitrogen and oxygen atoms in total. The van der Waals surface area contributed by atoms with Crippen LogP contribution in [0.15, 0.2) is 18.2 Å². The number of carbonyl (C=O) groups is 1. The SMILES string of the molecule is O=C(O)c1cccc([N+](=O)[O-])c1NC1CCOCC1. The van der Waals surface area contributed by atoms with Crippen molar-refractivity contribution in [1.29, 1.82) is 0 Å². The molecule has 102 valence electrons. The van der Waals surface area contributed by atoms with Gasteiger partial charge in [0.25, 0.3) is 5.69 Å². The predicted molar refractivity (Wildman–Crippen MR) is 67.5 cm³/mol. The van der Waals surface area contributed by atoms with Crippen LogP contribution in [0.1, 0.15) is 23.2 Å². The number of nitro groups is 1. The van der Waals surface area contributed by atoms with E-state index < -0.39 is 10.9 Å². The molecule has 7 heteroatoms. The molecule has 1 aliphatic heterocycles. The lowest BCUT2D eigenvalue weighted by molar-refractivity contribution is -0.384. The molecule has 0 spiro atoms. The fraction of sp³-hybridized carbons (Fsp3) is 0.417. The Bertz CT molecular complexity index is 465.